The summed E-state index contributed by atoms with van der Waals surface area (Å²) in [5.41, 5.74) is 0. The first-order valence-corrected chi connectivity index (χ1v) is 11.1. The van der Waals surface area contributed by atoms with Gasteiger partial charge in [0.2, 0.25) is 11.8 Å². The van der Waals surface area contributed by atoms with Crippen molar-refractivity contribution in [2.45, 2.75) is 37.1 Å². The van der Waals surface area contributed by atoms with Crippen LogP contribution in [0, 0.1) is 5.92 Å². The van der Waals surface area contributed by atoms with E-state index in [0.29, 0.717) is 19.0 Å². The van der Waals surface area contributed by atoms with Crippen LogP contribution in [-0.2, 0) is 19.6 Å². The summed E-state index contributed by atoms with van der Waals surface area (Å²) >= 11 is 11.8. The number of sulfonamides is 1. The number of nitrogens with zero attached hydrogens (tertiary/aromatic N) is 2. The van der Waals surface area contributed by atoms with Crippen molar-refractivity contribution < 1.29 is 18.0 Å². The van der Waals surface area contributed by atoms with E-state index in [9.17, 15) is 18.0 Å². The van der Waals surface area contributed by atoms with Crippen molar-refractivity contribution in [3.05, 3.63) is 40.6 Å². The molecule has 152 valence electrons. The standard InChI is InChI=1S/C18H21Cl2N3O4S/c1-12-3-2-7-22(11-12)17(24)10-16-18(25)21-6-8-23(16)28(26,27)13-4-5-14(19)15(20)9-13/h4-6,8-9,12,16H,2-3,7,10-11H2,1H3,(H,21,25)/t12-,16-/m1/s1. The molecule has 28 heavy (non-hydrogen) atoms. The predicted octanol–water partition coefficient (Wildman–Crippen LogP) is 2.60. The third-order valence-electron chi connectivity index (χ3n) is 4.90. The average molecular weight is 446 g/mol. The number of nitrogens with one attached hydrogen (secondary N) is 1. The quantitative estimate of drug-likeness (QED) is 0.771. The molecule has 7 nitrogen and oxygen atoms in total. The number of piperidine rings is 1. The fraction of sp³-hybridized carbons (Fsp3) is 0.444. The number of benzene rings is 1. The third-order valence-corrected chi connectivity index (χ3v) is 7.42. The van der Waals surface area contributed by atoms with Gasteiger partial charge in [-0.25, -0.2) is 8.42 Å². The van der Waals surface area contributed by atoms with Gasteiger partial charge in [-0.2, -0.15) is 0 Å². The van der Waals surface area contributed by atoms with Crippen molar-refractivity contribution in [1.82, 2.24) is 14.5 Å². The Bertz CT molecular complexity index is 919. The van der Waals surface area contributed by atoms with Crippen molar-refractivity contribution in [1.29, 1.82) is 0 Å². The molecule has 10 heteroatoms. The fourth-order valence-electron chi connectivity index (χ4n) is 3.41. The van der Waals surface area contributed by atoms with Gasteiger partial charge in [0.15, 0.2) is 0 Å². The van der Waals surface area contributed by atoms with Crippen molar-refractivity contribution in [3.63, 3.8) is 0 Å². The second kappa shape index (κ2) is 8.31. The van der Waals surface area contributed by atoms with Crippen molar-refractivity contribution in [2.75, 3.05) is 13.1 Å². The number of rotatable bonds is 4. The van der Waals surface area contributed by atoms with Crippen LogP contribution >= 0.6 is 23.2 Å². The molecule has 0 bridgehead atoms. The van der Waals surface area contributed by atoms with Gasteiger partial charge in [0.05, 0.1) is 21.4 Å². The minimum atomic E-state index is -4.10. The SMILES string of the molecule is C[C@@H]1CCCN(C(=O)C[C@@H]2C(=O)NC=CN2S(=O)(=O)c2ccc(Cl)c(Cl)c2)C1. The molecule has 2 atom stereocenters. The van der Waals surface area contributed by atoms with Gasteiger partial charge in [0, 0.05) is 25.5 Å². The highest BCUT2D eigenvalue weighted by Gasteiger charge is 2.38. The van der Waals surface area contributed by atoms with Gasteiger partial charge in [-0.3, -0.25) is 13.9 Å². The molecule has 0 saturated carbocycles. The van der Waals surface area contributed by atoms with Gasteiger partial charge in [-0.05, 0) is 37.0 Å². The summed E-state index contributed by atoms with van der Waals surface area (Å²) in [5.74, 6) is -0.408. The van der Waals surface area contributed by atoms with E-state index in [2.05, 4.69) is 12.2 Å². The van der Waals surface area contributed by atoms with Crippen molar-refractivity contribution >= 4 is 45.0 Å². The number of halogens is 2. The monoisotopic (exact) mass is 445 g/mol. The molecule has 1 fully saturated rings. The highest BCUT2D eigenvalue weighted by molar-refractivity contribution is 7.89. The van der Waals surface area contributed by atoms with Crippen LogP contribution in [0.25, 0.3) is 0 Å². The Morgan fingerprint density at radius 2 is 2.04 bits per heavy atom. The molecule has 1 N–H and O–H groups in total. The Kier molecular flexibility index (Phi) is 6.21. The van der Waals surface area contributed by atoms with Crippen molar-refractivity contribution in [2.24, 2.45) is 5.92 Å². The molecular formula is C18H21Cl2N3O4S. The Labute approximate surface area is 174 Å². The summed E-state index contributed by atoms with van der Waals surface area (Å²) in [6, 6.07) is 2.74. The third kappa shape index (κ3) is 4.29. The van der Waals surface area contributed by atoms with Crippen molar-refractivity contribution in [3.8, 4) is 0 Å². The molecule has 2 heterocycles. The van der Waals surface area contributed by atoms with Gasteiger partial charge >= 0.3 is 0 Å². The predicted molar refractivity (Wildman–Crippen MR) is 106 cm³/mol. The van der Waals surface area contributed by atoms with Crippen LogP contribution in [0.3, 0.4) is 0 Å². The maximum Gasteiger partial charge on any atom is 0.264 e. The van der Waals surface area contributed by atoms with Crippen LogP contribution in [0.1, 0.15) is 26.2 Å². The zero-order chi connectivity index (χ0) is 20.5. The molecule has 0 radical (unpaired) electrons. The lowest BCUT2D eigenvalue weighted by Crippen LogP contribution is -2.52. The summed E-state index contributed by atoms with van der Waals surface area (Å²) in [4.78, 5) is 26.7. The molecule has 1 saturated heterocycles. The number of carbonyl (C=O) groups excluding carboxylic acids is 2. The number of hydrogen-bond acceptors (Lipinski definition) is 4. The zero-order valence-corrected chi connectivity index (χ0v) is 17.6. The van der Waals surface area contributed by atoms with Crippen LogP contribution in [0.4, 0.5) is 0 Å². The Morgan fingerprint density at radius 3 is 2.71 bits per heavy atom. The van der Waals surface area contributed by atoms with E-state index >= 15 is 0 Å². The van der Waals surface area contributed by atoms with Gasteiger partial charge in [-0.15, -0.1) is 0 Å². The Balaban J connectivity index is 1.86. The Morgan fingerprint density at radius 1 is 1.29 bits per heavy atom. The topological polar surface area (TPSA) is 86.8 Å². The molecular weight excluding hydrogens is 425 g/mol. The molecule has 2 amide bonds. The van der Waals surface area contributed by atoms with Crippen LogP contribution < -0.4 is 5.32 Å². The number of likely N-dealkylation sites (tertiary alicyclic amines) is 1. The minimum absolute atomic E-state index is 0.0862. The lowest BCUT2D eigenvalue weighted by Gasteiger charge is -2.35. The molecule has 3 rings (SSSR count). The largest absolute Gasteiger partial charge is 0.342 e. The first-order chi connectivity index (χ1) is 13.2. The number of amides is 2. The minimum Gasteiger partial charge on any atom is -0.342 e. The normalized spacial score (nSPS) is 22.9. The maximum absolute atomic E-state index is 13.1. The van der Waals surface area contributed by atoms with Crippen LogP contribution in [0.15, 0.2) is 35.5 Å². The maximum atomic E-state index is 13.1. The molecule has 2 aliphatic rings. The van der Waals surface area contributed by atoms with Crippen LogP contribution in [-0.4, -0.2) is 48.6 Å². The Hall–Kier alpha value is -1.77. The molecule has 0 aliphatic carbocycles. The highest BCUT2D eigenvalue weighted by Crippen LogP contribution is 2.29. The summed E-state index contributed by atoms with van der Waals surface area (Å²) in [5, 5.41) is 2.79. The van der Waals surface area contributed by atoms with E-state index in [1.54, 1.807) is 4.90 Å². The lowest BCUT2D eigenvalue weighted by molar-refractivity contribution is -0.137. The van der Waals surface area contributed by atoms with E-state index < -0.39 is 22.0 Å². The van der Waals surface area contributed by atoms with E-state index in [-0.39, 0.29) is 27.3 Å². The molecule has 0 unspecified atom stereocenters. The zero-order valence-electron chi connectivity index (χ0n) is 15.3. The van der Waals surface area contributed by atoms with Gasteiger partial charge in [0.1, 0.15) is 6.04 Å². The molecule has 2 aliphatic heterocycles. The second-order valence-corrected chi connectivity index (χ2v) is 9.70. The highest BCUT2D eigenvalue weighted by atomic mass is 35.5. The first kappa shape index (κ1) is 21.0. The number of hydrogen-bond donors (Lipinski definition) is 1. The van der Waals surface area contributed by atoms with Crippen LogP contribution in [0.2, 0.25) is 10.0 Å². The van der Waals surface area contributed by atoms with Gasteiger partial charge in [-0.1, -0.05) is 30.1 Å². The second-order valence-electron chi connectivity index (χ2n) is 7.04. The van der Waals surface area contributed by atoms with E-state index in [0.717, 1.165) is 17.1 Å². The van der Waals surface area contributed by atoms with E-state index in [1.807, 2.05) is 0 Å². The van der Waals surface area contributed by atoms with Gasteiger partial charge < -0.3 is 10.2 Å². The van der Waals surface area contributed by atoms with Crippen LogP contribution in [0.5, 0.6) is 0 Å². The molecule has 1 aromatic carbocycles. The number of carbonyl (C=O) groups is 2. The smallest absolute Gasteiger partial charge is 0.264 e. The van der Waals surface area contributed by atoms with E-state index in [1.165, 1.54) is 30.6 Å². The first-order valence-electron chi connectivity index (χ1n) is 8.93. The summed E-state index contributed by atoms with van der Waals surface area (Å²) < 4.78 is 27.1. The summed E-state index contributed by atoms with van der Waals surface area (Å²) in [7, 11) is -4.10. The van der Waals surface area contributed by atoms with E-state index in [4.69, 9.17) is 23.2 Å². The fourth-order valence-corrected chi connectivity index (χ4v) is 5.25. The molecule has 0 aromatic heterocycles. The summed E-state index contributed by atoms with van der Waals surface area (Å²) in [6.07, 6.45) is 4.20. The molecule has 0 spiro atoms. The lowest BCUT2D eigenvalue weighted by atomic mass is 9.99. The summed E-state index contributed by atoms with van der Waals surface area (Å²) in [6.45, 7) is 3.30. The molecule has 1 aromatic rings. The average Bonchev–Trinajstić information content (AvgIpc) is 2.65. The van der Waals surface area contributed by atoms with Gasteiger partial charge in [0.25, 0.3) is 10.0 Å².